The monoisotopic (exact) mass is 518 g/mol. The Labute approximate surface area is 206 Å². The zero-order valence-electron chi connectivity index (χ0n) is 18.5. The number of benzene rings is 2. The molecule has 2 N–H and O–H groups in total. The van der Waals surface area contributed by atoms with Gasteiger partial charge in [0.25, 0.3) is 5.91 Å². The highest BCUT2D eigenvalue weighted by atomic mass is 35.5. The van der Waals surface area contributed by atoms with Crippen LogP contribution in [0.5, 0.6) is 0 Å². The number of rotatable bonds is 6. The first-order valence-corrected chi connectivity index (χ1v) is 14.0. The van der Waals surface area contributed by atoms with Gasteiger partial charge in [-0.25, -0.2) is 8.42 Å². The maximum absolute atomic E-state index is 13.0. The Morgan fingerprint density at radius 3 is 2.39 bits per heavy atom. The summed E-state index contributed by atoms with van der Waals surface area (Å²) in [4.78, 5) is 16.0. The van der Waals surface area contributed by atoms with Gasteiger partial charge in [0.2, 0.25) is 10.0 Å². The Bertz CT molecular complexity index is 1470. The Morgan fingerprint density at radius 2 is 1.73 bits per heavy atom. The van der Waals surface area contributed by atoms with Gasteiger partial charge in [-0.1, -0.05) is 25.4 Å². The first kappa shape index (κ1) is 23.8. The molecule has 0 spiro atoms. The van der Waals surface area contributed by atoms with Crippen molar-refractivity contribution < 1.29 is 13.2 Å². The normalized spacial score (nSPS) is 12.2. The zero-order valence-corrected chi connectivity index (χ0v) is 21.7. The molecule has 33 heavy (non-hydrogen) atoms. The van der Waals surface area contributed by atoms with E-state index in [2.05, 4.69) is 42.9 Å². The van der Waals surface area contributed by atoms with E-state index in [1.807, 2.05) is 12.1 Å². The second-order valence-corrected chi connectivity index (χ2v) is 13.0. The van der Waals surface area contributed by atoms with E-state index in [1.54, 1.807) is 41.7 Å². The van der Waals surface area contributed by atoms with Gasteiger partial charge >= 0.3 is 0 Å². The van der Waals surface area contributed by atoms with E-state index in [0.29, 0.717) is 21.3 Å². The van der Waals surface area contributed by atoms with Crippen LogP contribution in [0.15, 0.2) is 54.6 Å². The molecule has 1 amide bonds. The topological polar surface area (TPSA) is 75.3 Å². The van der Waals surface area contributed by atoms with Gasteiger partial charge in [0.15, 0.2) is 0 Å². The first-order valence-electron chi connectivity index (χ1n) is 10.1. The van der Waals surface area contributed by atoms with Gasteiger partial charge in [-0.15, -0.1) is 22.7 Å². The van der Waals surface area contributed by atoms with Crippen LogP contribution in [0.25, 0.3) is 10.1 Å². The van der Waals surface area contributed by atoms with Crippen LogP contribution >= 0.6 is 34.3 Å². The molecule has 0 bridgehead atoms. The van der Waals surface area contributed by atoms with E-state index in [1.165, 1.54) is 21.1 Å². The molecule has 0 unspecified atom stereocenters. The Kier molecular flexibility index (Phi) is 6.30. The maximum atomic E-state index is 13.0. The van der Waals surface area contributed by atoms with Gasteiger partial charge in [0.05, 0.1) is 11.1 Å². The number of hydrogen-bond donors (Lipinski definition) is 2. The van der Waals surface area contributed by atoms with Crippen LogP contribution in [-0.4, -0.2) is 20.6 Å². The van der Waals surface area contributed by atoms with Gasteiger partial charge in [-0.2, -0.15) is 0 Å². The number of sulfonamides is 1. The summed E-state index contributed by atoms with van der Waals surface area (Å²) in [6.07, 6.45) is 1.10. The molecule has 0 aliphatic heterocycles. The lowest BCUT2D eigenvalue weighted by molar-refractivity contribution is 0.103. The average molecular weight is 519 g/mol. The Balaban J connectivity index is 1.60. The molecule has 4 rings (SSSR count). The number of anilines is 2. The van der Waals surface area contributed by atoms with Crippen molar-refractivity contribution in [2.24, 2.45) is 0 Å². The molecule has 0 saturated heterocycles. The van der Waals surface area contributed by atoms with E-state index in [9.17, 15) is 13.2 Å². The molecular weight excluding hydrogens is 496 g/mol. The molecule has 4 aromatic rings. The molecule has 0 aliphatic carbocycles. The molecule has 9 heteroatoms. The van der Waals surface area contributed by atoms with Gasteiger partial charge in [0, 0.05) is 36.3 Å². The van der Waals surface area contributed by atoms with Crippen LogP contribution in [0.3, 0.4) is 0 Å². The summed E-state index contributed by atoms with van der Waals surface area (Å²) >= 11 is 9.50. The molecule has 0 fully saturated rings. The molecule has 5 nitrogen and oxygen atoms in total. The minimum atomic E-state index is -3.37. The lowest BCUT2D eigenvalue weighted by atomic mass is 9.83. The Morgan fingerprint density at radius 1 is 0.970 bits per heavy atom. The number of thiophene rings is 2. The molecule has 172 valence electrons. The third-order valence-corrected chi connectivity index (χ3v) is 8.54. The third kappa shape index (κ3) is 5.41. The largest absolute Gasteiger partial charge is 0.321 e. The highest BCUT2D eigenvalue weighted by Gasteiger charge is 2.26. The fourth-order valence-corrected chi connectivity index (χ4v) is 6.28. The van der Waals surface area contributed by atoms with E-state index in [-0.39, 0.29) is 11.3 Å². The summed E-state index contributed by atoms with van der Waals surface area (Å²) < 4.78 is 26.3. The van der Waals surface area contributed by atoms with Crippen molar-refractivity contribution in [1.29, 1.82) is 0 Å². The number of amides is 1. The summed E-state index contributed by atoms with van der Waals surface area (Å²) in [7, 11) is -3.37. The van der Waals surface area contributed by atoms with Crippen molar-refractivity contribution in [2.75, 3.05) is 16.3 Å². The highest BCUT2D eigenvalue weighted by molar-refractivity contribution is 7.92. The highest BCUT2D eigenvalue weighted by Crippen LogP contribution is 2.38. The number of carbonyl (C=O) groups is 1. The minimum Gasteiger partial charge on any atom is -0.321 e. The van der Waals surface area contributed by atoms with Gasteiger partial charge < -0.3 is 5.32 Å². The lowest BCUT2D eigenvalue weighted by Gasteiger charge is -2.25. The van der Waals surface area contributed by atoms with Crippen LogP contribution in [0, 0.1) is 6.92 Å². The average Bonchev–Trinajstić information content (AvgIpc) is 3.32. The molecular formula is C24H23ClN2O3S3. The van der Waals surface area contributed by atoms with E-state index in [4.69, 9.17) is 11.6 Å². The van der Waals surface area contributed by atoms with E-state index < -0.39 is 10.0 Å². The smallest absolute Gasteiger partial charge is 0.265 e. The number of hydrogen-bond acceptors (Lipinski definition) is 5. The summed E-state index contributed by atoms with van der Waals surface area (Å²) in [5.41, 5.74) is 1.84. The van der Waals surface area contributed by atoms with Gasteiger partial charge in [-0.3, -0.25) is 9.52 Å². The summed E-state index contributed by atoms with van der Waals surface area (Å²) in [6, 6.07) is 16.8. The zero-order chi connectivity index (χ0) is 24.0. The third-order valence-electron chi connectivity index (χ3n) is 5.28. The number of fused-ring (bicyclic) bond motifs is 1. The predicted molar refractivity (Wildman–Crippen MR) is 141 cm³/mol. The van der Waals surface area contributed by atoms with Crippen molar-refractivity contribution in [3.63, 3.8) is 0 Å². The van der Waals surface area contributed by atoms with Crippen LogP contribution < -0.4 is 10.0 Å². The standard InChI is InChI=1S/C24H23ClN2O3S3/c1-14-5-8-22(31-14)24(2,3)16-11-17(25)13-19(12-16)26-23(28)21-10-15-9-18(27-33(4,29)30)6-7-20(15)32-21/h5-13,27H,1-4H3,(H,26,28). The minimum absolute atomic E-state index is 0.244. The molecule has 0 aliphatic rings. The summed E-state index contributed by atoms with van der Waals surface area (Å²) in [5.74, 6) is -0.244. The Hall–Kier alpha value is -2.39. The predicted octanol–water partition coefficient (Wildman–Crippen LogP) is 6.87. The van der Waals surface area contributed by atoms with Crippen molar-refractivity contribution >= 4 is 71.7 Å². The van der Waals surface area contributed by atoms with Gasteiger partial charge in [0.1, 0.15) is 0 Å². The van der Waals surface area contributed by atoms with Crippen LogP contribution in [0.2, 0.25) is 5.02 Å². The van der Waals surface area contributed by atoms with Crippen LogP contribution in [-0.2, 0) is 15.4 Å². The van der Waals surface area contributed by atoms with Gasteiger partial charge in [-0.05, 0) is 72.5 Å². The number of aryl methyl sites for hydroxylation is 1. The van der Waals surface area contributed by atoms with Crippen molar-refractivity contribution in [2.45, 2.75) is 26.2 Å². The quantitative estimate of drug-likeness (QED) is 0.292. The summed E-state index contributed by atoms with van der Waals surface area (Å²) in [6.45, 7) is 6.37. The number of carbonyl (C=O) groups excluding carboxylic acids is 1. The van der Waals surface area contributed by atoms with Crippen molar-refractivity contribution in [1.82, 2.24) is 0 Å². The van der Waals surface area contributed by atoms with Crippen molar-refractivity contribution in [3.05, 3.63) is 79.8 Å². The molecule has 2 aromatic heterocycles. The number of nitrogens with one attached hydrogen (secondary N) is 2. The van der Waals surface area contributed by atoms with E-state index in [0.717, 1.165) is 21.9 Å². The first-order chi connectivity index (χ1) is 15.4. The second-order valence-electron chi connectivity index (χ2n) is 8.46. The second kappa shape index (κ2) is 8.76. The lowest BCUT2D eigenvalue weighted by Crippen LogP contribution is -2.18. The van der Waals surface area contributed by atoms with Crippen LogP contribution in [0.4, 0.5) is 11.4 Å². The SMILES string of the molecule is Cc1ccc(C(C)(C)c2cc(Cl)cc(NC(=O)c3cc4cc(NS(C)(=O)=O)ccc4s3)c2)s1. The fraction of sp³-hybridized carbons (Fsp3) is 0.208. The maximum Gasteiger partial charge on any atom is 0.265 e. The molecule has 0 radical (unpaired) electrons. The number of halogens is 1. The fourth-order valence-electron chi connectivity index (χ4n) is 3.56. The molecule has 2 aromatic carbocycles. The van der Waals surface area contributed by atoms with E-state index >= 15 is 0 Å². The van der Waals surface area contributed by atoms with Crippen molar-refractivity contribution in [3.8, 4) is 0 Å². The van der Waals surface area contributed by atoms with Crippen LogP contribution in [0.1, 0.15) is 38.8 Å². The molecule has 2 heterocycles. The summed E-state index contributed by atoms with van der Waals surface area (Å²) in [5, 5.41) is 4.31. The molecule has 0 atom stereocenters. The molecule has 0 saturated carbocycles.